The zero-order chi connectivity index (χ0) is 13.0. The van der Waals surface area contributed by atoms with Crippen molar-refractivity contribution in [3.05, 3.63) is 29.8 Å². The summed E-state index contributed by atoms with van der Waals surface area (Å²) >= 11 is 4.86. The highest BCUT2D eigenvalue weighted by atomic mass is 32.1. The molecule has 1 unspecified atom stereocenters. The number of rotatable bonds is 4. The van der Waals surface area contributed by atoms with Crippen LogP contribution in [0.4, 0.5) is 0 Å². The van der Waals surface area contributed by atoms with Crippen molar-refractivity contribution in [2.24, 2.45) is 11.7 Å². The monoisotopic (exact) mass is 252 g/mol. The van der Waals surface area contributed by atoms with Gasteiger partial charge in [-0.25, -0.2) is 0 Å². The van der Waals surface area contributed by atoms with E-state index < -0.39 is 0 Å². The van der Waals surface area contributed by atoms with Crippen molar-refractivity contribution in [2.45, 2.75) is 6.92 Å². The van der Waals surface area contributed by atoms with Gasteiger partial charge in [0.05, 0.1) is 4.99 Å². The van der Waals surface area contributed by atoms with Gasteiger partial charge in [-0.1, -0.05) is 19.1 Å². The third-order valence-corrected chi connectivity index (χ3v) is 2.90. The van der Waals surface area contributed by atoms with Crippen molar-refractivity contribution in [1.82, 2.24) is 4.90 Å². The topological polar surface area (TPSA) is 66.6 Å². The fourth-order valence-corrected chi connectivity index (χ4v) is 1.48. The zero-order valence-electron chi connectivity index (χ0n) is 9.88. The van der Waals surface area contributed by atoms with Gasteiger partial charge in [0.15, 0.2) is 0 Å². The summed E-state index contributed by atoms with van der Waals surface area (Å²) in [5.74, 6) is 0.00451. The van der Waals surface area contributed by atoms with Gasteiger partial charge in [0.25, 0.3) is 5.91 Å². The smallest absolute Gasteiger partial charge is 0.253 e. The molecule has 4 nitrogen and oxygen atoms in total. The first-order valence-corrected chi connectivity index (χ1v) is 5.66. The molecular formula is C12H16N2O2S. The predicted octanol–water partition coefficient (Wildman–Crippen LogP) is 1.39. The third kappa shape index (κ3) is 3.71. The molecule has 1 aromatic carbocycles. The molecule has 1 aromatic rings. The van der Waals surface area contributed by atoms with E-state index in [1.807, 2.05) is 6.92 Å². The Morgan fingerprint density at radius 3 is 2.47 bits per heavy atom. The lowest BCUT2D eigenvalue weighted by atomic mass is 10.1. The molecule has 0 aliphatic heterocycles. The summed E-state index contributed by atoms with van der Waals surface area (Å²) < 4.78 is 0. The molecule has 0 aliphatic rings. The minimum atomic E-state index is -0.117. The second-order valence-corrected chi connectivity index (χ2v) is 4.51. The number of thiocarbonyl (C=S) groups is 1. The number of hydrogen-bond donors (Lipinski definition) is 2. The molecule has 0 saturated carbocycles. The van der Waals surface area contributed by atoms with Gasteiger partial charge in [-0.2, -0.15) is 0 Å². The summed E-state index contributed by atoms with van der Waals surface area (Å²) in [5.41, 5.74) is 6.03. The molecule has 1 amide bonds. The van der Waals surface area contributed by atoms with E-state index in [-0.39, 0.29) is 17.6 Å². The largest absolute Gasteiger partial charge is 0.508 e. The quantitative estimate of drug-likeness (QED) is 0.795. The molecule has 1 atom stereocenters. The molecule has 0 aliphatic carbocycles. The van der Waals surface area contributed by atoms with Crippen LogP contribution in [0.2, 0.25) is 0 Å². The lowest BCUT2D eigenvalue weighted by Gasteiger charge is -2.21. The fourth-order valence-electron chi connectivity index (χ4n) is 1.41. The minimum Gasteiger partial charge on any atom is -0.508 e. The molecule has 0 aromatic heterocycles. The van der Waals surface area contributed by atoms with E-state index in [4.69, 9.17) is 23.1 Å². The second kappa shape index (κ2) is 5.63. The molecule has 3 N–H and O–H groups in total. The van der Waals surface area contributed by atoms with Crippen LogP contribution in [0.15, 0.2) is 24.3 Å². The van der Waals surface area contributed by atoms with E-state index in [1.54, 1.807) is 24.1 Å². The number of phenolic OH excluding ortho intramolecular Hbond substituents is 1. The van der Waals surface area contributed by atoms with Crippen LogP contribution in [0.1, 0.15) is 17.3 Å². The Balaban J connectivity index is 2.70. The Morgan fingerprint density at radius 2 is 2.00 bits per heavy atom. The zero-order valence-corrected chi connectivity index (χ0v) is 10.7. The number of nitrogens with two attached hydrogens (primary N) is 1. The first-order chi connectivity index (χ1) is 7.91. The van der Waals surface area contributed by atoms with Crippen LogP contribution in [0, 0.1) is 5.92 Å². The number of benzene rings is 1. The summed E-state index contributed by atoms with van der Waals surface area (Å²) in [7, 11) is 1.70. The summed E-state index contributed by atoms with van der Waals surface area (Å²) in [6.45, 7) is 2.36. The van der Waals surface area contributed by atoms with Gasteiger partial charge < -0.3 is 15.7 Å². The Morgan fingerprint density at radius 1 is 1.47 bits per heavy atom. The molecular weight excluding hydrogens is 236 g/mol. The molecule has 1 rings (SSSR count). The van der Waals surface area contributed by atoms with Gasteiger partial charge >= 0.3 is 0 Å². The minimum absolute atomic E-state index is 0.0175. The average molecular weight is 252 g/mol. The maximum Gasteiger partial charge on any atom is 0.253 e. The lowest BCUT2D eigenvalue weighted by molar-refractivity contribution is 0.0787. The van der Waals surface area contributed by atoms with E-state index in [1.165, 1.54) is 12.1 Å². The Bertz CT molecular complexity index is 417. The maximum atomic E-state index is 12.0. The van der Waals surface area contributed by atoms with Crippen molar-refractivity contribution in [3.8, 4) is 5.75 Å². The molecule has 0 spiro atoms. The van der Waals surface area contributed by atoms with Crippen molar-refractivity contribution in [3.63, 3.8) is 0 Å². The number of phenols is 1. The van der Waals surface area contributed by atoms with Crippen LogP contribution in [-0.2, 0) is 0 Å². The molecule has 0 saturated heterocycles. The van der Waals surface area contributed by atoms with Crippen molar-refractivity contribution < 1.29 is 9.90 Å². The first-order valence-electron chi connectivity index (χ1n) is 5.25. The van der Waals surface area contributed by atoms with Crippen LogP contribution in [0.25, 0.3) is 0 Å². The number of amides is 1. The van der Waals surface area contributed by atoms with Gasteiger partial charge in [-0.15, -0.1) is 0 Å². The second-order valence-electron chi connectivity index (χ2n) is 4.04. The van der Waals surface area contributed by atoms with Crippen LogP contribution < -0.4 is 5.73 Å². The van der Waals surface area contributed by atoms with Crippen LogP contribution in [0.5, 0.6) is 5.75 Å². The molecule has 92 valence electrons. The number of carbonyl (C=O) groups is 1. The van der Waals surface area contributed by atoms with Gasteiger partial charge in [-0.3, -0.25) is 4.79 Å². The lowest BCUT2D eigenvalue weighted by Crippen LogP contribution is -2.35. The van der Waals surface area contributed by atoms with Gasteiger partial charge in [0, 0.05) is 25.1 Å². The Hall–Kier alpha value is -1.62. The number of carbonyl (C=O) groups excluding carboxylic acids is 1. The van der Waals surface area contributed by atoms with Gasteiger partial charge in [-0.05, 0) is 24.3 Å². The van der Waals surface area contributed by atoms with E-state index in [0.29, 0.717) is 17.1 Å². The average Bonchev–Trinajstić information content (AvgIpc) is 2.28. The fraction of sp³-hybridized carbons (Fsp3) is 0.333. The molecule has 0 heterocycles. The highest BCUT2D eigenvalue weighted by Crippen LogP contribution is 2.12. The summed E-state index contributed by atoms with van der Waals surface area (Å²) in [6.07, 6.45) is 0. The highest BCUT2D eigenvalue weighted by Gasteiger charge is 2.15. The Labute approximate surface area is 106 Å². The van der Waals surface area contributed by atoms with E-state index in [9.17, 15) is 4.79 Å². The van der Waals surface area contributed by atoms with Gasteiger partial charge in [0.2, 0.25) is 0 Å². The summed E-state index contributed by atoms with van der Waals surface area (Å²) in [4.78, 5) is 13.9. The number of hydrogen-bond acceptors (Lipinski definition) is 3. The van der Waals surface area contributed by atoms with E-state index in [0.717, 1.165) is 0 Å². The normalized spacial score (nSPS) is 11.9. The molecule has 0 bridgehead atoms. The van der Waals surface area contributed by atoms with Crippen LogP contribution in [-0.4, -0.2) is 34.5 Å². The van der Waals surface area contributed by atoms with Crippen LogP contribution in [0.3, 0.4) is 0 Å². The van der Waals surface area contributed by atoms with Gasteiger partial charge in [0.1, 0.15) is 5.75 Å². The third-order valence-electron chi connectivity index (χ3n) is 2.49. The number of nitrogens with zero attached hydrogens (tertiary/aromatic N) is 1. The summed E-state index contributed by atoms with van der Waals surface area (Å²) in [5, 5.41) is 9.14. The first kappa shape index (κ1) is 13.4. The standard InChI is InChI=1S/C12H16N2O2S/c1-8(11(13)17)7-14(2)12(16)9-3-5-10(15)6-4-9/h3-6,8,15H,7H2,1-2H3,(H2,13,17). The molecule has 17 heavy (non-hydrogen) atoms. The predicted molar refractivity (Wildman–Crippen MR) is 71.0 cm³/mol. The molecule has 0 fully saturated rings. The van der Waals surface area contributed by atoms with Crippen LogP contribution >= 0.6 is 12.2 Å². The van der Waals surface area contributed by atoms with Crippen molar-refractivity contribution >= 4 is 23.1 Å². The SMILES string of the molecule is CC(CN(C)C(=O)c1ccc(O)cc1)C(N)=S. The summed E-state index contributed by atoms with van der Waals surface area (Å²) in [6, 6.07) is 6.13. The Kier molecular flexibility index (Phi) is 4.45. The van der Waals surface area contributed by atoms with Crippen molar-refractivity contribution in [1.29, 1.82) is 0 Å². The van der Waals surface area contributed by atoms with E-state index in [2.05, 4.69) is 0 Å². The molecule has 0 radical (unpaired) electrons. The number of aromatic hydroxyl groups is 1. The maximum absolute atomic E-state index is 12.0. The van der Waals surface area contributed by atoms with Crippen molar-refractivity contribution in [2.75, 3.05) is 13.6 Å². The highest BCUT2D eigenvalue weighted by molar-refractivity contribution is 7.80. The molecule has 5 heteroatoms. The van der Waals surface area contributed by atoms with E-state index >= 15 is 0 Å².